The predicted molar refractivity (Wildman–Crippen MR) is 227 cm³/mol. The zero-order chi connectivity index (χ0) is 42.5. The summed E-state index contributed by atoms with van der Waals surface area (Å²) in [5.41, 5.74) is 6.11. The maximum absolute atomic E-state index is 15.6. The van der Waals surface area contributed by atoms with Crippen molar-refractivity contribution in [3.63, 3.8) is 0 Å². The van der Waals surface area contributed by atoms with Crippen molar-refractivity contribution in [1.29, 1.82) is 0 Å². The fourth-order valence-corrected chi connectivity index (χ4v) is 8.81. The van der Waals surface area contributed by atoms with E-state index in [0.29, 0.717) is 51.8 Å². The van der Waals surface area contributed by atoms with E-state index >= 15 is 4.79 Å². The van der Waals surface area contributed by atoms with E-state index in [2.05, 4.69) is 5.32 Å². The zero-order valence-electron chi connectivity index (χ0n) is 35.2. The monoisotopic (exact) mass is 815 g/mol. The van der Waals surface area contributed by atoms with Gasteiger partial charge in [0.2, 0.25) is 11.8 Å². The molecule has 7 rings (SSSR count). The molecule has 0 spiro atoms. The van der Waals surface area contributed by atoms with Crippen molar-refractivity contribution in [3.05, 3.63) is 142 Å². The van der Waals surface area contributed by atoms with Crippen molar-refractivity contribution in [3.8, 4) is 34.5 Å². The van der Waals surface area contributed by atoms with Crippen LogP contribution in [0.15, 0.2) is 97.1 Å². The summed E-state index contributed by atoms with van der Waals surface area (Å²) in [6.07, 6.45) is 0.120. The molecule has 12 heteroatoms. The lowest BCUT2D eigenvalue weighted by Crippen LogP contribution is -2.70. The zero-order valence-corrected chi connectivity index (χ0v) is 35.2. The number of hydrogen-bond donors (Lipinski definition) is 2. The quantitative estimate of drug-likeness (QED) is 0.0948. The van der Waals surface area contributed by atoms with Crippen molar-refractivity contribution in [2.45, 2.75) is 64.2 Å². The number of likely N-dealkylation sites (N-methyl/N-ethyl adjacent to an activating group) is 1. The molecular formula is C48H53N3O9. The Hall–Kier alpha value is -6.24. The van der Waals surface area contributed by atoms with E-state index in [1.54, 1.807) is 51.2 Å². The number of ether oxygens (including phenoxy) is 6. The van der Waals surface area contributed by atoms with E-state index in [1.165, 1.54) is 7.11 Å². The van der Waals surface area contributed by atoms with E-state index in [0.717, 1.165) is 22.3 Å². The van der Waals surface area contributed by atoms with Gasteiger partial charge in [-0.1, -0.05) is 91.0 Å². The van der Waals surface area contributed by atoms with Gasteiger partial charge >= 0.3 is 0 Å². The highest BCUT2D eigenvalue weighted by atomic mass is 16.5. The lowest BCUT2D eigenvalue weighted by Gasteiger charge is -2.58. The van der Waals surface area contributed by atoms with Gasteiger partial charge in [0.25, 0.3) is 0 Å². The molecule has 1 fully saturated rings. The van der Waals surface area contributed by atoms with Crippen molar-refractivity contribution < 1.29 is 43.1 Å². The van der Waals surface area contributed by atoms with Gasteiger partial charge in [-0.05, 0) is 43.7 Å². The molecule has 0 unspecified atom stereocenters. The summed E-state index contributed by atoms with van der Waals surface area (Å²) in [4.78, 5) is 33.8. The van der Waals surface area contributed by atoms with Crippen LogP contribution in [0, 0.1) is 13.8 Å². The molecule has 0 aliphatic carbocycles. The average molecular weight is 816 g/mol. The van der Waals surface area contributed by atoms with Crippen LogP contribution >= 0.6 is 0 Å². The molecule has 1 saturated heterocycles. The molecule has 5 aromatic carbocycles. The molecule has 0 saturated carbocycles. The topological polar surface area (TPSA) is 128 Å². The van der Waals surface area contributed by atoms with Crippen LogP contribution in [0.4, 0.5) is 0 Å². The van der Waals surface area contributed by atoms with Gasteiger partial charge in [-0.3, -0.25) is 9.59 Å². The smallest absolute Gasteiger partial charge is 0.248 e. The summed E-state index contributed by atoms with van der Waals surface area (Å²) in [7, 11) is 7.92. The first-order valence-electron chi connectivity index (χ1n) is 20.0. The van der Waals surface area contributed by atoms with Crippen LogP contribution in [0.2, 0.25) is 0 Å². The van der Waals surface area contributed by atoms with Crippen LogP contribution in [-0.4, -0.2) is 80.9 Å². The average Bonchev–Trinajstić information content (AvgIpc) is 3.27. The lowest BCUT2D eigenvalue weighted by atomic mass is 9.75. The van der Waals surface area contributed by atoms with Gasteiger partial charge in [0.1, 0.15) is 24.1 Å². The van der Waals surface area contributed by atoms with Crippen LogP contribution in [0.1, 0.15) is 56.6 Å². The standard InChI is InChI=1S/C48H53N3O9/c1-29-42(55-4)34(24-37(52)43(29)56-5)23-35(49-3)47(53)51-36(28-59-26-32-19-13-9-14-20-32)38-39(40-41(51)48(54)50(40)25-31-17-11-8-12-18-31)44(57-6)30(2)45(58-7)46(38)60-27-33-21-15-10-16-22-33/h8-22,24,35-36,40-41,49,52H,23,25-28H2,1-7H3/t35-,36-,40+,41-/m0/s1. The second-order valence-corrected chi connectivity index (χ2v) is 15.0. The fraction of sp³-hybridized carbons (Fsp3) is 0.333. The minimum Gasteiger partial charge on any atom is -0.504 e. The van der Waals surface area contributed by atoms with Crippen LogP contribution in [0.25, 0.3) is 0 Å². The van der Waals surface area contributed by atoms with Gasteiger partial charge in [-0.15, -0.1) is 0 Å². The number of aromatic hydroxyl groups is 1. The number of β-lactam (4-membered cyclic amide) rings is 1. The Kier molecular flexibility index (Phi) is 12.8. The Morgan fingerprint density at radius 1 is 0.700 bits per heavy atom. The molecule has 12 nitrogen and oxygen atoms in total. The second-order valence-electron chi connectivity index (χ2n) is 15.0. The number of nitrogens with one attached hydrogen (secondary N) is 1. The maximum atomic E-state index is 15.6. The van der Waals surface area contributed by atoms with Crippen LogP contribution < -0.4 is 29.0 Å². The number of hydrogen-bond acceptors (Lipinski definition) is 10. The number of likely N-dealkylation sites (tertiary alicyclic amines) is 1. The van der Waals surface area contributed by atoms with Crippen molar-refractivity contribution in [2.24, 2.45) is 0 Å². The van der Waals surface area contributed by atoms with Crippen LogP contribution in [-0.2, 0) is 40.5 Å². The molecule has 2 N–H and O–H groups in total. The van der Waals surface area contributed by atoms with Gasteiger partial charge in [0.05, 0.1) is 59.8 Å². The molecule has 0 aromatic heterocycles. The second kappa shape index (κ2) is 18.4. The molecule has 0 radical (unpaired) electrons. The van der Waals surface area contributed by atoms with Gasteiger partial charge in [-0.2, -0.15) is 0 Å². The van der Waals surface area contributed by atoms with Crippen molar-refractivity contribution >= 4 is 11.8 Å². The Labute approximate surface area is 351 Å². The largest absolute Gasteiger partial charge is 0.504 e. The highest BCUT2D eigenvalue weighted by Crippen LogP contribution is 2.59. The molecule has 2 amide bonds. The van der Waals surface area contributed by atoms with E-state index in [4.69, 9.17) is 28.4 Å². The number of rotatable bonds is 17. The Morgan fingerprint density at radius 3 is 1.82 bits per heavy atom. The molecule has 60 heavy (non-hydrogen) atoms. The predicted octanol–water partition coefficient (Wildman–Crippen LogP) is 7.01. The maximum Gasteiger partial charge on any atom is 0.248 e. The van der Waals surface area contributed by atoms with E-state index in [9.17, 15) is 9.90 Å². The van der Waals surface area contributed by atoms with E-state index < -0.39 is 24.2 Å². The van der Waals surface area contributed by atoms with E-state index in [1.807, 2.05) is 97.9 Å². The van der Waals surface area contributed by atoms with Crippen molar-refractivity contribution in [1.82, 2.24) is 15.1 Å². The molecule has 4 atom stereocenters. The Bertz CT molecular complexity index is 2310. The molecule has 5 aromatic rings. The number of benzene rings is 5. The normalized spacial score (nSPS) is 17.2. The molecule has 2 aliphatic rings. The summed E-state index contributed by atoms with van der Waals surface area (Å²) in [5.74, 6) is 1.59. The molecule has 314 valence electrons. The third-order valence-electron chi connectivity index (χ3n) is 11.6. The van der Waals surface area contributed by atoms with Crippen molar-refractivity contribution in [2.75, 3.05) is 42.1 Å². The number of carbonyl (C=O) groups is 2. The highest BCUT2D eigenvalue weighted by Gasteiger charge is 2.61. The van der Waals surface area contributed by atoms with E-state index in [-0.39, 0.29) is 49.6 Å². The van der Waals surface area contributed by atoms with Gasteiger partial charge in [0, 0.05) is 40.8 Å². The summed E-state index contributed by atoms with van der Waals surface area (Å²) >= 11 is 0. The number of methoxy groups -OCH3 is 4. The fourth-order valence-electron chi connectivity index (χ4n) is 8.81. The first-order chi connectivity index (χ1) is 29.2. The van der Waals surface area contributed by atoms with Crippen LogP contribution in [0.5, 0.6) is 34.5 Å². The minimum absolute atomic E-state index is 0.0159. The number of carbonyl (C=O) groups excluding carboxylic acids is 2. The first-order valence-corrected chi connectivity index (χ1v) is 20.0. The number of fused-ring (bicyclic) bond motifs is 3. The van der Waals surface area contributed by atoms with Gasteiger partial charge < -0.3 is 48.6 Å². The van der Waals surface area contributed by atoms with Gasteiger partial charge in [-0.25, -0.2) is 0 Å². The first kappa shape index (κ1) is 41.9. The minimum atomic E-state index is -0.911. The van der Waals surface area contributed by atoms with Gasteiger partial charge in [0.15, 0.2) is 23.0 Å². The third-order valence-corrected chi connectivity index (χ3v) is 11.6. The summed E-state index contributed by atoms with van der Waals surface area (Å²) in [6.45, 7) is 4.50. The molecule has 0 bridgehead atoms. The molecule has 2 heterocycles. The number of nitrogens with zero attached hydrogens (tertiary/aromatic N) is 2. The number of phenols is 1. The summed E-state index contributed by atoms with van der Waals surface area (Å²) < 4.78 is 37.0. The molecule has 2 aliphatic heterocycles. The third kappa shape index (κ3) is 7.80. The van der Waals surface area contributed by atoms with Crippen LogP contribution in [0.3, 0.4) is 0 Å². The SMILES string of the molecule is CN[C@@H](Cc1cc(O)c(OC)c(C)c1OC)C(=O)N1[C@@H]2C(=O)N(Cc3ccccc3)[C@@H]2c2c(OC)c(C)c(OC)c(OCc3ccccc3)c2[C@@H]1COCc1ccccc1. The summed E-state index contributed by atoms with van der Waals surface area (Å²) in [6, 6.07) is 27.7. The Morgan fingerprint density at radius 2 is 1.25 bits per heavy atom. The number of amides is 2. The summed E-state index contributed by atoms with van der Waals surface area (Å²) in [5, 5.41) is 14.2. The number of phenolic OH excluding ortho intramolecular Hbond substituents is 1. The Balaban J connectivity index is 1.42. The lowest BCUT2D eigenvalue weighted by molar-refractivity contribution is -0.176. The highest BCUT2D eigenvalue weighted by molar-refractivity contribution is 5.97. The molecular weight excluding hydrogens is 763 g/mol.